The van der Waals surface area contributed by atoms with Gasteiger partial charge in [-0.1, -0.05) is 19.9 Å². The number of piperidine rings is 1. The summed E-state index contributed by atoms with van der Waals surface area (Å²) < 4.78 is 0. The van der Waals surface area contributed by atoms with Crippen molar-refractivity contribution in [2.24, 2.45) is 5.92 Å². The number of likely N-dealkylation sites (tertiary alicyclic amines) is 1. The second-order valence-corrected chi connectivity index (χ2v) is 4.30. The number of hydrogen-bond acceptors (Lipinski definition) is 3. The normalized spacial score (nSPS) is 18.7. The van der Waals surface area contributed by atoms with Gasteiger partial charge >= 0.3 is 5.97 Å². The van der Waals surface area contributed by atoms with Crippen LogP contribution in [0.5, 0.6) is 0 Å². The summed E-state index contributed by atoms with van der Waals surface area (Å²) in [6.07, 6.45) is 2.53. The van der Waals surface area contributed by atoms with Gasteiger partial charge in [-0.05, 0) is 12.3 Å². The molecule has 1 N–H and O–H groups in total. The molecule has 0 atom stereocenters. The van der Waals surface area contributed by atoms with Gasteiger partial charge in [-0.25, -0.2) is 4.79 Å². The minimum absolute atomic E-state index is 0.0693. The highest BCUT2D eigenvalue weighted by atomic mass is 16.4. The number of imide groups is 1. The molecule has 1 heterocycles. The number of carbonyl (C=O) groups excluding carboxylic acids is 2. The van der Waals surface area contributed by atoms with Crippen molar-refractivity contribution < 1.29 is 19.5 Å². The average molecular weight is 239 g/mol. The predicted molar refractivity (Wildman–Crippen MR) is 61.1 cm³/mol. The van der Waals surface area contributed by atoms with Crippen LogP contribution in [-0.2, 0) is 14.4 Å². The SMILES string of the molecule is CCC(=CCN1C(=O)CC(C)CC1=O)C(=O)O. The standard InChI is InChI=1S/C12H17NO4/c1-3-9(12(16)17)4-5-13-10(14)6-8(2)7-11(13)15/h4,8H,3,5-7H2,1-2H3,(H,16,17). The van der Waals surface area contributed by atoms with Crippen molar-refractivity contribution in [2.75, 3.05) is 6.54 Å². The lowest BCUT2D eigenvalue weighted by atomic mass is 9.98. The summed E-state index contributed by atoms with van der Waals surface area (Å²) in [6.45, 7) is 3.65. The number of carbonyl (C=O) groups is 3. The second kappa shape index (κ2) is 5.61. The van der Waals surface area contributed by atoms with Crippen LogP contribution in [0.1, 0.15) is 33.1 Å². The number of rotatable bonds is 4. The van der Waals surface area contributed by atoms with Crippen molar-refractivity contribution in [3.63, 3.8) is 0 Å². The van der Waals surface area contributed by atoms with Crippen LogP contribution in [0.15, 0.2) is 11.6 Å². The van der Waals surface area contributed by atoms with Crippen molar-refractivity contribution >= 4 is 17.8 Å². The molecule has 1 saturated heterocycles. The molecule has 94 valence electrons. The summed E-state index contributed by atoms with van der Waals surface area (Å²) in [5, 5.41) is 8.82. The Morgan fingerprint density at radius 1 is 1.41 bits per heavy atom. The monoisotopic (exact) mass is 239 g/mol. The van der Waals surface area contributed by atoms with Gasteiger partial charge in [0.2, 0.25) is 11.8 Å². The Bertz CT molecular complexity index is 355. The molecular weight excluding hydrogens is 222 g/mol. The molecule has 5 nitrogen and oxygen atoms in total. The Hall–Kier alpha value is -1.65. The molecule has 0 spiro atoms. The van der Waals surface area contributed by atoms with E-state index < -0.39 is 5.97 Å². The molecule has 1 aliphatic rings. The maximum atomic E-state index is 11.6. The summed E-state index contributed by atoms with van der Waals surface area (Å²) >= 11 is 0. The van der Waals surface area contributed by atoms with Gasteiger partial charge in [0.15, 0.2) is 0 Å². The Morgan fingerprint density at radius 2 is 1.94 bits per heavy atom. The Balaban J connectivity index is 2.71. The van der Waals surface area contributed by atoms with Gasteiger partial charge in [0.05, 0.1) is 0 Å². The largest absolute Gasteiger partial charge is 0.478 e. The molecular formula is C12H17NO4. The lowest BCUT2D eigenvalue weighted by Crippen LogP contribution is -2.42. The third-order valence-electron chi connectivity index (χ3n) is 2.82. The summed E-state index contributed by atoms with van der Waals surface area (Å²) in [7, 11) is 0. The van der Waals surface area contributed by atoms with Crippen LogP contribution in [0.2, 0.25) is 0 Å². The second-order valence-electron chi connectivity index (χ2n) is 4.30. The van der Waals surface area contributed by atoms with E-state index in [0.717, 1.165) is 4.90 Å². The van der Waals surface area contributed by atoms with E-state index in [2.05, 4.69) is 0 Å². The first-order chi connectivity index (χ1) is 7.95. The number of nitrogens with zero attached hydrogens (tertiary/aromatic N) is 1. The summed E-state index contributed by atoms with van der Waals surface area (Å²) in [6, 6.07) is 0. The zero-order valence-electron chi connectivity index (χ0n) is 10.1. The van der Waals surface area contributed by atoms with Gasteiger partial charge in [-0.15, -0.1) is 0 Å². The van der Waals surface area contributed by atoms with Crippen molar-refractivity contribution in [1.29, 1.82) is 0 Å². The van der Waals surface area contributed by atoms with Crippen LogP contribution in [0, 0.1) is 5.92 Å². The number of amides is 2. The van der Waals surface area contributed by atoms with Gasteiger partial charge in [0.25, 0.3) is 0 Å². The first kappa shape index (κ1) is 13.4. The van der Waals surface area contributed by atoms with Crippen LogP contribution in [0.4, 0.5) is 0 Å². The lowest BCUT2D eigenvalue weighted by Gasteiger charge is -2.27. The maximum Gasteiger partial charge on any atom is 0.331 e. The summed E-state index contributed by atoms with van der Waals surface area (Å²) in [4.78, 5) is 35.1. The van der Waals surface area contributed by atoms with E-state index in [-0.39, 0.29) is 29.9 Å². The molecule has 0 radical (unpaired) electrons. The van der Waals surface area contributed by atoms with Crippen LogP contribution in [0.25, 0.3) is 0 Å². The van der Waals surface area contributed by atoms with Gasteiger partial charge in [0.1, 0.15) is 0 Å². The average Bonchev–Trinajstić information content (AvgIpc) is 2.21. The minimum Gasteiger partial charge on any atom is -0.478 e. The molecule has 0 bridgehead atoms. The summed E-state index contributed by atoms with van der Waals surface area (Å²) in [5.41, 5.74) is 0.226. The molecule has 5 heteroatoms. The fourth-order valence-electron chi connectivity index (χ4n) is 1.82. The first-order valence-corrected chi connectivity index (χ1v) is 5.71. The Kier molecular flexibility index (Phi) is 4.43. The van der Waals surface area contributed by atoms with E-state index >= 15 is 0 Å². The van der Waals surface area contributed by atoms with E-state index in [0.29, 0.717) is 19.3 Å². The van der Waals surface area contributed by atoms with Gasteiger partial charge in [-0.2, -0.15) is 0 Å². The quantitative estimate of drug-likeness (QED) is 0.590. The van der Waals surface area contributed by atoms with Crippen molar-refractivity contribution in [2.45, 2.75) is 33.1 Å². The van der Waals surface area contributed by atoms with E-state index in [9.17, 15) is 14.4 Å². The van der Waals surface area contributed by atoms with E-state index in [1.165, 1.54) is 6.08 Å². The third-order valence-corrected chi connectivity index (χ3v) is 2.82. The zero-order valence-corrected chi connectivity index (χ0v) is 10.1. The predicted octanol–water partition coefficient (Wildman–Crippen LogP) is 1.19. The number of hydrogen-bond donors (Lipinski definition) is 1. The Labute approximate surface area is 100 Å². The number of carboxylic acids is 1. The molecule has 1 aliphatic heterocycles. The van der Waals surface area contributed by atoms with Crippen LogP contribution >= 0.6 is 0 Å². The molecule has 0 unspecified atom stereocenters. The van der Waals surface area contributed by atoms with E-state index in [4.69, 9.17) is 5.11 Å². The van der Waals surface area contributed by atoms with Gasteiger partial charge < -0.3 is 5.11 Å². The van der Waals surface area contributed by atoms with Crippen molar-refractivity contribution in [3.05, 3.63) is 11.6 Å². The fourth-order valence-corrected chi connectivity index (χ4v) is 1.82. The molecule has 2 amide bonds. The maximum absolute atomic E-state index is 11.6. The van der Waals surface area contributed by atoms with Crippen LogP contribution in [0.3, 0.4) is 0 Å². The lowest BCUT2D eigenvalue weighted by molar-refractivity contribution is -0.149. The van der Waals surface area contributed by atoms with Gasteiger partial charge in [-0.3, -0.25) is 14.5 Å². The minimum atomic E-state index is -1.00. The highest BCUT2D eigenvalue weighted by Crippen LogP contribution is 2.18. The molecule has 0 saturated carbocycles. The highest BCUT2D eigenvalue weighted by molar-refractivity contribution is 5.98. The van der Waals surface area contributed by atoms with Crippen LogP contribution < -0.4 is 0 Å². The number of aliphatic carboxylic acids is 1. The molecule has 0 aliphatic carbocycles. The van der Waals surface area contributed by atoms with E-state index in [1.54, 1.807) is 6.92 Å². The number of carboxylic acid groups (broad SMARTS) is 1. The molecule has 0 aromatic rings. The van der Waals surface area contributed by atoms with Crippen LogP contribution in [-0.4, -0.2) is 34.3 Å². The molecule has 1 rings (SSSR count). The smallest absolute Gasteiger partial charge is 0.331 e. The molecule has 0 aromatic carbocycles. The molecule has 17 heavy (non-hydrogen) atoms. The fraction of sp³-hybridized carbons (Fsp3) is 0.583. The third kappa shape index (κ3) is 3.41. The zero-order chi connectivity index (χ0) is 13.0. The first-order valence-electron chi connectivity index (χ1n) is 5.71. The van der Waals surface area contributed by atoms with Gasteiger partial charge in [0, 0.05) is 25.0 Å². The van der Waals surface area contributed by atoms with Crippen molar-refractivity contribution in [3.8, 4) is 0 Å². The highest BCUT2D eigenvalue weighted by Gasteiger charge is 2.29. The molecule has 1 fully saturated rings. The topological polar surface area (TPSA) is 74.7 Å². The molecule has 0 aromatic heterocycles. The van der Waals surface area contributed by atoms with E-state index in [1.807, 2.05) is 6.92 Å². The Morgan fingerprint density at radius 3 is 2.35 bits per heavy atom. The summed E-state index contributed by atoms with van der Waals surface area (Å²) in [5.74, 6) is -1.35. The van der Waals surface area contributed by atoms with Crippen molar-refractivity contribution in [1.82, 2.24) is 4.90 Å².